The maximum absolute atomic E-state index is 3.51. The normalized spacial score (nSPS) is 20.4. The molecule has 0 aliphatic carbocycles. The first kappa shape index (κ1) is 11.6. The molecule has 1 aromatic heterocycles. The number of hydrogen-bond donors (Lipinski definition) is 0. The predicted molar refractivity (Wildman–Crippen MR) is 69.4 cm³/mol. The Balaban J connectivity index is 1.88. The van der Waals surface area contributed by atoms with E-state index in [9.17, 15) is 0 Å². The largest absolute Gasteiger partial charge is 0.305 e. The Kier molecular flexibility index (Phi) is 4.20. The third kappa shape index (κ3) is 3.55. The Morgan fingerprint density at radius 3 is 2.87 bits per heavy atom. The lowest BCUT2D eigenvalue weighted by molar-refractivity contribution is 0.271. The Bertz CT molecular complexity index is 313. The third-order valence-corrected chi connectivity index (χ3v) is 4.43. The van der Waals surface area contributed by atoms with Crippen LogP contribution in [-0.2, 0) is 6.54 Å². The summed E-state index contributed by atoms with van der Waals surface area (Å²) in [5, 5.41) is 0. The summed E-state index contributed by atoms with van der Waals surface area (Å²) in [5.41, 5.74) is 0. The van der Waals surface area contributed by atoms with Crippen LogP contribution in [0.2, 0.25) is 0 Å². The van der Waals surface area contributed by atoms with E-state index in [2.05, 4.69) is 44.9 Å². The van der Waals surface area contributed by atoms with Gasteiger partial charge in [0, 0.05) is 24.5 Å². The minimum atomic E-state index is 1.12. The van der Waals surface area contributed by atoms with Gasteiger partial charge in [-0.3, -0.25) is 4.90 Å². The van der Waals surface area contributed by atoms with E-state index >= 15 is 0 Å². The number of halogens is 1. The maximum Gasteiger partial charge on any atom is 0.0701 e. The summed E-state index contributed by atoms with van der Waals surface area (Å²) < 4.78 is 1.24. The minimum Gasteiger partial charge on any atom is -0.305 e. The van der Waals surface area contributed by atoms with Gasteiger partial charge in [0.2, 0.25) is 0 Å². The van der Waals surface area contributed by atoms with Crippen molar-refractivity contribution in [2.45, 2.75) is 13.0 Å². The molecule has 0 aromatic carbocycles. The quantitative estimate of drug-likeness (QED) is 0.826. The molecule has 1 saturated heterocycles. The van der Waals surface area contributed by atoms with Gasteiger partial charge in [0.05, 0.1) is 3.79 Å². The smallest absolute Gasteiger partial charge is 0.0701 e. The van der Waals surface area contributed by atoms with Crippen molar-refractivity contribution >= 4 is 27.3 Å². The van der Waals surface area contributed by atoms with Gasteiger partial charge in [-0.15, -0.1) is 11.3 Å². The first-order valence-corrected chi connectivity index (χ1v) is 7.00. The highest BCUT2D eigenvalue weighted by Crippen LogP contribution is 2.23. The molecule has 1 aliphatic rings. The van der Waals surface area contributed by atoms with Gasteiger partial charge in [0.15, 0.2) is 0 Å². The van der Waals surface area contributed by atoms with Crippen LogP contribution in [0.15, 0.2) is 15.9 Å². The van der Waals surface area contributed by atoms with Crippen molar-refractivity contribution in [3.63, 3.8) is 0 Å². The zero-order valence-corrected chi connectivity index (χ0v) is 11.5. The lowest BCUT2D eigenvalue weighted by atomic mass is 10.3. The molecule has 0 atom stereocenters. The second-order valence-electron chi connectivity index (χ2n) is 4.14. The molecule has 0 N–H and O–H groups in total. The molecule has 0 radical (unpaired) electrons. The standard InChI is InChI=1S/C11H17BrN2S/c1-13-5-2-6-14(8-7-13)9-10-3-4-11(12)15-10/h3-4H,2,5-9H2,1H3. The molecule has 0 amide bonds. The zero-order valence-electron chi connectivity index (χ0n) is 9.08. The summed E-state index contributed by atoms with van der Waals surface area (Å²) in [4.78, 5) is 6.44. The van der Waals surface area contributed by atoms with Crippen LogP contribution in [0, 0.1) is 0 Å². The summed E-state index contributed by atoms with van der Waals surface area (Å²) >= 11 is 5.36. The zero-order chi connectivity index (χ0) is 10.7. The van der Waals surface area contributed by atoms with Gasteiger partial charge >= 0.3 is 0 Å². The van der Waals surface area contributed by atoms with Crippen LogP contribution in [0.4, 0.5) is 0 Å². The molecule has 0 spiro atoms. The first-order valence-electron chi connectivity index (χ1n) is 5.39. The summed E-state index contributed by atoms with van der Waals surface area (Å²) in [6, 6.07) is 4.37. The van der Waals surface area contributed by atoms with Crippen molar-refractivity contribution in [1.29, 1.82) is 0 Å². The Labute approximate surface area is 104 Å². The fourth-order valence-electron chi connectivity index (χ4n) is 1.92. The summed E-state index contributed by atoms with van der Waals surface area (Å²) in [6.07, 6.45) is 1.29. The Hall–Kier alpha value is 0.1000. The molecule has 1 fully saturated rings. The highest BCUT2D eigenvalue weighted by molar-refractivity contribution is 9.11. The SMILES string of the molecule is CN1CCCN(Cc2ccc(Br)s2)CC1. The molecule has 1 aliphatic heterocycles. The molecule has 0 unspecified atom stereocenters. The van der Waals surface area contributed by atoms with E-state index in [1.54, 1.807) is 0 Å². The molecule has 2 nitrogen and oxygen atoms in total. The average molecular weight is 289 g/mol. The van der Waals surface area contributed by atoms with Crippen LogP contribution < -0.4 is 0 Å². The van der Waals surface area contributed by atoms with Crippen molar-refractivity contribution in [1.82, 2.24) is 9.80 Å². The van der Waals surface area contributed by atoms with Gasteiger partial charge in [-0.2, -0.15) is 0 Å². The van der Waals surface area contributed by atoms with Crippen molar-refractivity contribution in [3.05, 3.63) is 20.8 Å². The monoisotopic (exact) mass is 288 g/mol. The summed E-state index contributed by atoms with van der Waals surface area (Å²) in [6.45, 7) is 5.99. The molecule has 0 bridgehead atoms. The van der Waals surface area contributed by atoms with Crippen molar-refractivity contribution in [3.8, 4) is 0 Å². The van der Waals surface area contributed by atoms with Crippen LogP contribution in [0.25, 0.3) is 0 Å². The first-order chi connectivity index (χ1) is 7.24. The van der Waals surface area contributed by atoms with E-state index in [4.69, 9.17) is 0 Å². The van der Waals surface area contributed by atoms with Crippen LogP contribution in [0.5, 0.6) is 0 Å². The predicted octanol–water partition coefficient (Wildman–Crippen LogP) is 2.65. The molecule has 84 valence electrons. The third-order valence-electron chi connectivity index (χ3n) is 2.82. The number of likely N-dealkylation sites (N-methyl/N-ethyl adjacent to an activating group) is 1. The fourth-order valence-corrected chi connectivity index (χ4v) is 3.44. The van der Waals surface area contributed by atoms with Gasteiger partial charge in [-0.1, -0.05) is 0 Å². The van der Waals surface area contributed by atoms with Crippen molar-refractivity contribution < 1.29 is 0 Å². The number of rotatable bonds is 2. The van der Waals surface area contributed by atoms with Gasteiger partial charge < -0.3 is 4.90 Å². The van der Waals surface area contributed by atoms with E-state index in [1.807, 2.05) is 11.3 Å². The number of hydrogen-bond acceptors (Lipinski definition) is 3. The number of thiophene rings is 1. The highest BCUT2D eigenvalue weighted by atomic mass is 79.9. The van der Waals surface area contributed by atoms with Crippen molar-refractivity contribution in [2.75, 3.05) is 33.2 Å². The second kappa shape index (κ2) is 5.43. The summed E-state index contributed by atoms with van der Waals surface area (Å²) in [5.74, 6) is 0. The lowest BCUT2D eigenvalue weighted by Crippen LogP contribution is -2.28. The average Bonchev–Trinajstić information content (AvgIpc) is 2.48. The molecule has 1 aromatic rings. The lowest BCUT2D eigenvalue weighted by Gasteiger charge is -2.18. The van der Waals surface area contributed by atoms with E-state index < -0.39 is 0 Å². The molecule has 4 heteroatoms. The van der Waals surface area contributed by atoms with E-state index in [0.29, 0.717) is 0 Å². The van der Waals surface area contributed by atoms with Crippen LogP contribution in [0.3, 0.4) is 0 Å². The van der Waals surface area contributed by atoms with E-state index in [-0.39, 0.29) is 0 Å². The Morgan fingerprint density at radius 1 is 1.27 bits per heavy atom. The van der Waals surface area contributed by atoms with Crippen LogP contribution >= 0.6 is 27.3 Å². The van der Waals surface area contributed by atoms with E-state index in [1.165, 1.54) is 41.3 Å². The molecular formula is C11H17BrN2S. The molecule has 15 heavy (non-hydrogen) atoms. The van der Waals surface area contributed by atoms with E-state index in [0.717, 1.165) is 6.54 Å². The molecular weight excluding hydrogens is 272 g/mol. The Morgan fingerprint density at radius 2 is 2.13 bits per heavy atom. The van der Waals surface area contributed by atoms with Gasteiger partial charge in [0.25, 0.3) is 0 Å². The number of nitrogens with zero attached hydrogens (tertiary/aromatic N) is 2. The van der Waals surface area contributed by atoms with Crippen molar-refractivity contribution in [2.24, 2.45) is 0 Å². The van der Waals surface area contributed by atoms with Crippen LogP contribution in [0.1, 0.15) is 11.3 Å². The summed E-state index contributed by atoms with van der Waals surface area (Å²) in [7, 11) is 2.21. The van der Waals surface area contributed by atoms with Crippen LogP contribution in [-0.4, -0.2) is 43.0 Å². The fraction of sp³-hybridized carbons (Fsp3) is 0.636. The molecule has 0 saturated carbocycles. The van der Waals surface area contributed by atoms with Gasteiger partial charge in [-0.05, 0) is 54.6 Å². The van der Waals surface area contributed by atoms with Gasteiger partial charge in [0.1, 0.15) is 0 Å². The molecule has 2 heterocycles. The molecule has 2 rings (SSSR count). The highest BCUT2D eigenvalue weighted by Gasteiger charge is 2.12. The topological polar surface area (TPSA) is 6.48 Å². The van der Waals surface area contributed by atoms with Gasteiger partial charge in [-0.25, -0.2) is 0 Å². The minimum absolute atomic E-state index is 1.12. The maximum atomic E-state index is 3.51. The second-order valence-corrected chi connectivity index (χ2v) is 6.69.